The normalized spacial score (nSPS) is 11.8. The zero-order chi connectivity index (χ0) is 16.2. The highest BCUT2D eigenvalue weighted by Gasteiger charge is 2.00. The van der Waals surface area contributed by atoms with Crippen LogP contribution in [-0.2, 0) is 6.42 Å². The van der Waals surface area contributed by atoms with E-state index in [1.807, 2.05) is 18.3 Å². The second-order valence-electron chi connectivity index (χ2n) is 4.95. The first-order valence-electron chi connectivity index (χ1n) is 8.04. The van der Waals surface area contributed by atoms with Gasteiger partial charge in [0, 0.05) is 25.8 Å². The zero-order valence-electron chi connectivity index (χ0n) is 13.9. The number of guanidine groups is 1. The lowest BCUT2D eigenvalue weighted by atomic mass is 10.2. The molecule has 0 aromatic carbocycles. The molecule has 1 rings (SSSR count). The van der Waals surface area contributed by atoms with E-state index in [4.69, 9.17) is 11.6 Å². The average Bonchev–Trinajstić information content (AvgIpc) is 2.53. The van der Waals surface area contributed by atoms with Crippen LogP contribution in [0.1, 0.15) is 26.3 Å². The fraction of sp³-hybridized carbons (Fsp3) is 0.625. The lowest BCUT2D eigenvalue weighted by molar-refractivity contribution is 0.313. The molecule has 22 heavy (non-hydrogen) atoms. The van der Waals surface area contributed by atoms with E-state index in [9.17, 15) is 0 Å². The molecule has 0 bridgehead atoms. The highest BCUT2D eigenvalue weighted by Crippen LogP contribution is 2.05. The van der Waals surface area contributed by atoms with Gasteiger partial charge in [0.1, 0.15) is 5.15 Å². The Morgan fingerprint density at radius 3 is 2.59 bits per heavy atom. The molecular formula is C16H28ClN5. The first-order chi connectivity index (χ1) is 10.7. The third-order valence-electron chi connectivity index (χ3n) is 3.42. The molecule has 6 heteroatoms. The van der Waals surface area contributed by atoms with Crippen LogP contribution in [-0.4, -0.2) is 55.1 Å². The fourth-order valence-electron chi connectivity index (χ4n) is 2.06. The average molecular weight is 326 g/mol. The Bertz CT molecular complexity index is 429. The number of aromatic nitrogens is 1. The van der Waals surface area contributed by atoms with Crippen molar-refractivity contribution >= 4 is 17.6 Å². The molecule has 0 spiro atoms. The Labute approximate surface area is 139 Å². The lowest BCUT2D eigenvalue weighted by Gasteiger charge is -2.17. The molecule has 1 aromatic rings. The molecule has 124 valence electrons. The topological polar surface area (TPSA) is 52.6 Å². The van der Waals surface area contributed by atoms with E-state index in [1.54, 1.807) is 0 Å². The van der Waals surface area contributed by atoms with Crippen LogP contribution in [0.2, 0.25) is 5.15 Å². The van der Waals surface area contributed by atoms with Crippen molar-refractivity contribution in [3.8, 4) is 0 Å². The molecule has 0 amide bonds. The molecule has 0 saturated heterocycles. The number of hydrogen-bond donors (Lipinski definition) is 2. The van der Waals surface area contributed by atoms with Crippen molar-refractivity contribution < 1.29 is 0 Å². The summed E-state index contributed by atoms with van der Waals surface area (Å²) in [7, 11) is 0. The first kappa shape index (κ1) is 18.7. The van der Waals surface area contributed by atoms with Gasteiger partial charge in [-0.25, -0.2) is 4.98 Å². The van der Waals surface area contributed by atoms with Crippen molar-refractivity contribution in [2.45, 2.75) is 27.2 Å². The first-order valence-corrected chi connectivity index (χ1v) is 8.42. The van der Waals surface area contributed by atoms with Crippen molar-refractivity contribution in [2.24, 2.45) is 4.99 Å². The van der Waals surface area contributed by atoms with Gasteiger partial charge < -0.3 is 15.5 Å². The molecule has 0 saturated carbocycles. The number of rotatable bonds is 9. The van der Waals surface area contributed by atoms with Gasteiger partial charge in [0.15, 0.2) is 5.96 Å². The van der Waals surface area contributed by atoms with Gasteiger partial charge in [0.25, 0.3) is 0 Å². The van der Waals surface area contributed by atoms with E-state index in [1.165, 1.54) is 0 Å². The summed E-state index contributed by atoms with van der Waals surface area (Å²) in [6.45, 7) is 12.0. The van der Waals surface area contributed by atoms with Crippen LogP contribution in [0.3, 0.4) is 0 Å². The second kappa shape index (κ2) is 11.3. The number of nitrogens with zero attached hydrogens (tertiary/aromatic N) is 3. The number of hydrogen-bond acceptors (Lipinski definition) is 3. The van der Waals surface area contributed by atoms with E-state index in [0.717, 1.165) is 57.2 Å². The highest BCUT2D eigenvalue weighted by atomic mass is 35.5. The van der Waals surface area contributed by atoms with Crippen molar-refractivity contribution in [3.05, 3.63) is 29.0 Å². The molecular weight excluding hydrogens is 298 g/mol. The standard InChI is InChI=1S/C16H28ClN5/c1-4-18-16(20-11-12-22(5-2)6-3)19-10-9-14-7-8-15(17)21-13-14/h7-8,13H,4-6,9-12H2,1-3H3,(H2,18,19,20). The van der Waals surface area contributed by atoms with Crippen LogP contribution < -0.4 is 10.6 Å². The van der Waals surface area contributed by atoms with Crippen molar-refractivity contribution in [1.82, 2.24) is 20.5 Å². The number of pyridine rings is 1. The Hall–Kier alpha value is -1.33. The third-order valence-corrected chi connectivity index (χ3v) is 3.64. The number of nitrogens with one attached hydrogen (secondary N) is 2. The summed E-state index contributed by atoms with van der Waals surface area (Å²) >= 11 is 5.78. The van der Waals surface area contributed by atoms with Crippen LogP contribution in [0.4, 0.5) is 0 Å². The maximum atomic E-state index is 5.78. The van der Waals surface area contributed by atoms with Crippen molar-refractivity contribution in [2.75, 3.05) is 39.3 Å². The Morgan fingerprint density at radius 1 is 1.23 bits per heavy atom. The van der Waals surface area contributed by atoms with E-state index in [-0.39, 0.29) is 0 Å². The largest absolute Gasteiger partial charge is 0.357 e. The van der Waals surface area contributed by atoms with Gasteiger partial charge in [-0.15, -0.1) is 0 Å². The molecule has 5 nitrogen and oxygen atoms in total. The molecule has 0 unspecified atom stereocenters. The van der Waals surface area contributed by atoms with Crippen molar-refractivity contribution in [3.63, 3.8) is 0 Å². The SMILES string of the molecule is CCNC(=NCCN(CC)CC)NCCc1ccc(Cl)nc1. The maximum Gasteiger partial charge on any atom is 0.191 e. The zero-order valence-corrected chi connectivity index (χ0v) is 14.7. The number of aliphatic imine (C=N–C) groups is 1. The number of likely N-dealkylation sites (N-methyl/N-ethyl adjacent to an activating group) is 1. The van der Waals surface area contributed by atoms with Gasteiger partial charge in [-0.1, -0.05) is 31.5 Å². The molecule has 0 radical (unpaired) electrons. The molecule has 0 aliphatic heterocycles. The molecule has 1 aromatic heterocycles. The summed E-state index contributed by atoms with van der Waals surface area (Å²) in [5, 5.41) is 7.16. The highest BCUT2D eigenvalue weighted by molar-refractivity contribution is 6.29. The minimum absolute atomic E-state index is 0.531. The van der Waals surface area contributed by atoms with E-state index in [0.29, 0.717) is 5.15 Å². The minimum atomic E-state index is 0.531. The van der Waals surface area contributed by atoms with Crippen LogP contribution in [0, 0.1) is 0 Å². The number of halogens is 1. The van der Waals surface area contributed by atoms with Crippen molar-refractivity contribution in [1.29, 1.82) is 0 Å². The third kappa shape index (κ3) is 7.61. The van der Waals surface area contributed by atoms with Gasteiger partial charge >= 0.3 is 0 Å². The summed E-state index contributed by atoms with van der Waals surface area (Å²) < 4.78 is 0. The van der Waals surface area contributed by atoms with Crippen LogP contribution in [0.15, 0.2) is 23.3 Å². The molecule has 0 atom stereocenters. The van der Waals surface area contributed by atoms with Gasteiger partial charge in [-0.2, -0.15) is 0 Å². The molecule has 0 aliphatic carbocycles. The van der Waals surface area contributed by atoms with Gasteiger partial charge in [0.05, 0.1) is 6.54 Å². The Morgan fingerprint density at radius 2 is 2.00 bits per heavy atom. The maximum absolute atomic E-state index is 5.78. The lowest BCUT2D eigenvalue weighted by Crippen LogP contribution is -2.39. The summed E-state index contributed by atoms with van der Waals surface area (Å²) in [6.07, 6.45) is 2.71. The van der Waals surface area contributed by atoms with Gasteiger partial charge in [-0.3, -0.25) is 4.99 Å². The second-order valence-corrected chi connectivity index (χ2v) is 5.34. The van der Waals surface area contributed by atoms with Gasteiger partial charge in [-0.05, 0) is 38.1 Å². The predicted molar refractivity (Wildman–Crippen MR) is 94.7 cm³/mol. The van der Waals surface area contributed by atoms with E-state index >= 15 is 0 Å². The molecule has 0 fully saturated rings. The Kier molecular flexibility index (Phi) is 9.59. The monoisotopic (exact) mass is 325 g/mol. The smallest absolute Gasteiger partial charge is 0.191 e. The fourth-order valence-corrected chi connectivity index (χ4v) is 2.18. The molecule has 2 N–H and O–H groups in total. The predicted octanol–water partition coefficient (Wildman–Crippen LogP) is 2.17. The quantitative estimate of drug-likeness (QED) is 0.415. The summed E-state index contributed by atoms with van der Waals surface area (Å²) in [5.41, 5.74) is 1.16. The van der Waals surface area contributed by atoms with Crippen LogP contribution in [0.5, 0.6) is 0 Å². The van der Waals surface area contributed by atoms with Crippen LogP contribution in [0.25, 0.3) is 0 Å². The summed E-state index contributed by atoms with van der Waals surface area (Å²) in [6, 6.07) is 3.82. The molecule has 1 heterocycles. The van der Waals surface area contributed by atoms with E-state index < -0.39 is 0 Å². The summed E-state index contributed by atoms with van der Waals surface area (Å²) in [5.74, 6) is 0.872. The van der Waals surface area contributed by atoms with Gasteiger partial charge in [0.2, 0.25) is 0 Å². The van der Waals surface area contributed by atoms with E-state index in [2.05, 4.69) is 46.3 Å². The summed E-state index contributed by atoms with van der Waals surface area (Å²) in [4.78, 5) is 11.1. The van der Waals surface area contributed by atoms with Crippen LogP contribution >= 0.6 is 11.6 Å². The molecule has 0 aliphatic rings. The Balaban J connectivity index is 2.37. The minimum Gasteiger partial charge on any atom is -0.357 e.